The van der Waals surface area contributed by atoms with Crippen LogP contribution in [-0.2, 0) is 25.5 Å². The SMILES string of the molecule is CC(=O)O[C@@H]1C[C@H]2[C@@H]3CCc4cc(O[Si](C)(C)C)c([N+](=O)[O-])cc4[C@H]3CC[C@]2(C)[C@H]1OC(C)=O. The number of rotatable bonds is 5. The van der Waals surface area contributed by atoms with Crippen LogP contribution in [-0.4, -0.2) is 37.4 Å². The lowest BCUT2D eigenvalue weighted by Crippen LogP contribution is -2.46. The minimum absolute atomic E-state index is 0.0390. The Kier molecular flexibility index (Phi) is 6.29. The fourth-order valence-corrected chi connectivity index (χ4v) is 7.62. The first-order chi connectivity index (χ1) is 15.8. The van der Waals surface area contributed by atoms with Crippen LogP contribution >= 0.6 is 0 Å². The number of carbonyl (C=O) groups is 2. The van der Waals surface area contributed by atoms with Gasteiger partial charge in [0.2, 0.25) is 8.32 Å². The molecule has 0 radical (unpaired) electrons. The van der Waals surface area contributed by atoms with E-state index >= 15 is 0 Å². The summed E-state index contributed by atoms with van der Waals surface area (Å²) in [6, 6.07) is 3.64. The van der Waals surface area contributed by atoms with Crippen LogP contribution in [0.1, 0.15) is 63.5 Å². The molecule has 0 aliphatic heterocycles. The number of hydrogen-bond acceptors (Lipinski definition) is 7. The number of fused-ring (bicyclic) bond motifs is 5. The number of nitro benzene ring substituents is 1. The van der Waals surface area contributed by atoms with Gasteiger partial charge in [0.25, 0.3) is 0 Å². The van der Waals surface area contributed by atoms with Gasteiger partial charge in [-0.1, -0.05) is 6.92 Å². The first kappa shape index (κ1) is 24.7. The van der Waals surface area contributed by atoms with Crippen LogP contribution in [0.2, 0.25) is 19.6 Å². The van der Waals surface area contributed by atoms with Crippen molar-refractivity contribution in [3.63, 3.8) is 0 Å². The van der Waals surface area contributed by atoms with Crippen molar-refractivity contribution in [3.8, 4) is 5.75 Å². The Balaban J connectivity index is 1.69. The first-order valence-corrected chi connectivity index (χ1v) is 15.6. The molecule has 2 fully saturated rings. The summed E-state index contributed by atoms with van der Waals surface area (Å²) in [5.74, 6) is 0.313. The fraction of sp³-hybridized carbons (Fsp3) is 0.680. The first-order valence-electron chi connectivity index (χ1n) is 12.1. The maximum atomic E-state index is 11.9. The predicted molar refractivity (Wildman–Crippen MR) is 128 cm³/mol. The second kappa shape index (κ2) is 8.66. The summed E-state index contributed by atoms with van der Waals surface area (Å²) in [6.07, 6.45) is 3.13. The molecule has 0 aromatic heterocycles. The van der Waals surface area contributed by atoms with E-state index in [9.17, 15) is 19.7 Å². The highest BCUT2D eigenvalue weighted by atomic mass is 28.4. The highest BCUT2D eigenvalue weighted by Gasteiger charge is 2.61. The van der Waals surface area contributed by atoms with E-state index in [0.29, 0.717) is 12.2 Å². The van der Waals surface area contributed by atoms with Gasteiger partial charge < -0.3 is 13.9 Å². The van der Waals surface area contributed by atoms with Crippen LogP contribution in [0.15, 0.2) is 12.1 Å². The third kappa shape index (κ3) is 4.46. The van der Waals surface area contributed by atoms with Crippen LogP contribution in [0.3, 0.4) is 0 Å². The highest BCUT2D eigenvalue weighted by molar-refractivity contribution is 6.70. The van der Waals surface area contributed by atoms with E-state index < -0.39 is 20.5 Å². The second-order valence-electron chi connectivity index (χ2n) is 11.4. The molecule has 0 bridgehead atoms. The van der Waals surface area contributed by atoms with Gasteiger partial charge in [0, 0.05) is 25.3 Å². The van der Waals surface area contributed by atoms with Gasteiger partial charge in [-0.05, 0) is 86.7 Å². The van der Waals surface area contributed by atoms with Crippen molar-refractivity contribution in [1.82, 2.24) is 0 Å². The van der Waals surface area contributed by atoms with Gasteiger partial charge in [-0.25, -0.2) is 0 Å². The Morgan fingerprint density at radius 3 is 2.38 bits per heavy atom. The molecule has 0 amide bonds. The average molecular weight is 490 g/mol. The largest absolute Gasteiger partial charge is 0.540 e. The maximum Gasteiger partial charge on any atom is 0.309 e. The molecule has 3 aliphatic rings. The van der Waals surface area contributed by atoms with Crippen molar-refractivity contribution < 1.29 is 28.4 Å². The molecule has 34 heavy (non-hydrogen) atoms. The van der Waals surface area contributed by atoms with E-state index in [-0.39, 0.29) is 45.7 Å². The second-order valence-corrected chi connectivity index (χ2v) is 15.8. The molecule has 3 aliphatic carbocycles. The van der Waals surface area contributed by atoms with Gasteiger partial charge in [0.15, 0.2) is 5.75 Å². The van der Waals surface area contributed by atoms with Crippen molar-refractivity contribution in [3.05, 3.63) is 33.4 Å². The number of esters is 2. The van der Waals surface area contributed by atoms with Gasteiger partial charge in [0.1, 0.15) is 12.2 Å². The van der Waals surface area contributed by atoms with E-state index in [2.05, 4.69) is 6.92 Å². The summed E-state index contributed by atoms with van der Waals surface area (Å²) in [7, 11) is -2.01. The van der Waals surface area contributed by atoms with E-state index in [1.165, 1.54) is 13.8 Å². The molecule has 8 nitrogen and oxygen atoms in total. The summed E-state index contributed by atoms with van der Waals surface area (Å²) in [4.78, 5) is 35.3. The molecule has 0 N–H and O–H groups in total. The molecule has 186 valence electrons. The molecule has 0 unspecified atom stereocenters. The van der Waals surface area contributed by atoms with Gasteiger partial charge in [-0.2, -0.15) is 0 Å². The van der Waals surface area contributed by atoms with Crippen LogP contribution < -0.4 is 4.43 Å². The topological polar surface area (TPSA) is 105 Å². The van der Waals surface area contributed by atoms with E-state index in [4.69, 9.17) is 13.9 Å². The van der Waals surface area contributed by atoms with Crippen molar-refractivity contribution in [2.24, 2.45) is 17.3 Å². The lowest BCUT2D eigenvalue weighted by molar-refractivity contribution is -0.385. The van der Waals surface area contributed by atoms with Crippen LogP contribution in [0, 0.1) is 27.4 Å². The summed E-state index contributed by atoms with van der Waals surface area (Å²) in [5, 5.41) is 11.9. The molecular formula is C25H35NO7Si. The lowest BCUT2D eigenvalue weighted by atomic mass is 9.55. The Hall–Kier alpha value is -2.42. The number of hydrogen-bond donors (Lipinski definition) is 0. The normalized spacial score (nSPS) is 32.1. The molecule has 0 saturated heterocycles. The Bertz CT molecular complexity index is 1020. The van der Waals surface area contributed by atoms with Crippen LogP contribution in [0.5, 0.6) is 5.75 Å². The zero-order chi connectivity index (χ0) is 25.0. The molecule has 0 spiro atoms. The summed E-state index contributed by atoms with van der Waals surface area (Å²) >= 11 is 0. The fourth-order valence-electron chi connectivity index (χ4n) is 6.80. The summed E-state index contributed by atoms with van der Waals surface area (Å²) in [5.41, 5.74) is 1.93. The smallest absolute Gasteiger partial charge is 0.309 e. The monoisotopic (exact) mass is 489 g/mol. The van der Waals surface area contributed by atoms with Crippen molar-refractivity contribution in [2.75, 3.05) is 0 Å². The van der Waals surface area contributed by atoms with Crippen molar-refractivity contribution in [1.29, 1.82) is 0 Å². The maximum absolute atomic E-state index is 11.9. The molecule has 9 heteroatoms. The number of ether oxygens (including phenoxy) is 2. The highest BCUT2D eigenvalue weighted by Crippen LogP contribution is 2.62. The summed E-state index contributed by atoms with van der Waals surface area (Å²) in [6.45, 7) is 11.0. The van der Waals surface area contributed by atoms with E-state index in [0.717, 1.165) is 36.8 Å². The number of carbonyl (C=O) groups excluding carboxylic acids is 2. The van der Waals surface area contributed by atoms with Crippen LogP contribution in [0.4, 0.5) is 5.69 Å². The summed E-state index contributed by atoms with van der Waals surface area (Å²) < 4.78 is 17.5. The zero-order valence-electron chi connectivity index (χ0n) is 20.9. The third-order valence-corrected chi connectivity index (χ3v) is 8.77. The standard InChI is InChI=1S/C25H35NO7Si/c1-14(27)31-23-13-20-18-8-7-16-11-22(33-34(4,5)6)21(26(29)30)12-19(16)17(18)9-10-25(20,3)24(23)32-15(2)28/h11-12,17-18,20,23-24H,7-10,13H2,1-6H3/t17-,18+,20-,23+,24-,25-/m0/s1. The minimum Gasteiger partial charge on any atom is -0.540 e. The predicted octanol–water partition coefficient (Wildman–Crippen LogP) is 5.14. The quantitative estimate of drug-likeness (QED) is 0.244. The molecule has 6 atom stereocenters. The number of aryl methyl sites for hydroxylation is 1. The molecule has 2 saturated carbocycles. The molecule has 4 rings (SSSR count). The lowest BCUT2D eigenvalue weighted by Gasteiger charge is -2.50. The van der Waals surface area contributed by atoms with Gasteiger partial charge >= 0.3 is 17.6 Å². The molecule has 1 aromatic rings. The van der Waals surface area contributed by atoms with Gasteiger partial charge in [-0.3, -0.25) is 19.7 Å². The average Bonchev–Trinajstić information content (AvgIpc) is 2.96. The van der Waals surface area contributed by atoms with Crippen molar-refractivity contribution >= 4 is 25.9 Å². The van der Waals surface area contributed by atoms with E-state index in [1.54, 1.807) is 6.07 Å². The molecule has 0 heterocycles. The Labute approximate surface area is 201 Å². The molecular weight excluding hydrogens is 454 g/mol. The minimum atomic E-state index is -2.01. The third-order valence-electron chi connectivity index (χ3n) is 7.94. The Morgan fingerprint density at radius 1 is 1.12 bits per heavy atom. The van der Waals surface area contributed by atoms with Crippen molar-refractivity contribution in [2.45, 2.75) is 90.6 Å². The van der Waals surface area contributed by atoms with Crippen LogP contribution in [0.25, 0.3) is 0 Å². The Morgan fingerprint density at radius 2 is 1.79 bits per heavy atom. The molecule has 1 aromatic carbocycles. The number of nitrogens with zero attached hydrogens (tertiary/aromatic N) is 1. The number of nitro groups is 1. The zero-order valence-corrected chi connectivity index (χ0v) is 21.9. The van der Waals surface area contributed by atoms with Gasteiger partial charge in [-0.15, -0.1) is 0 Å². The number of benzene rings is 1. The van der Waals surface area contributed by atoms with Gasteiger partial charge in [0.05, 0.1) is 4.92 Å². The van der Waals surface area contributed by atoms with E-state index in [1.807, 2.05) is 25.7 Å².